The van der Waals surface area contributed by atoms with Gasteiger partial charge in [0, 0.05) is 6.42 Å². The van der Waals surface area contributed by atoms with E-state index >= 15 is 0 Å². The summed E-state index contributed by atoms with van der Waals surface area (Å²) in [5, 5.41) is 21.0. The van der Waals surface area contributed by atoms with Crippen molar-refractivity contribution in [2.75, 3.05) is 7.11 Å². The molecule has 3 rings (SSSR count). The fourth-order valence-corrected chi connectivity index (χ4v) is 5.46. The molecular formula is C23H34O4. The Labute approximate surface area is 163 Å². The number of aliphatic hydroxyl groups excluding tert-OH is 2. The van der Waals surface area contributed by atoms with E-state index in [1.54, 1.807) is 0 Å². The second-order valence-corrected chi connectivity index (χ2v) is 8.59. The highest BCUT2D eigenvalue weighted by Gasteiger charge is 2.51. The smallest absolute Gasteiger partial charge is 0.305 e. The van der Waals surface area contributed by atoms with Gasteiger partial charge in [0.05, 0.1) is 19.1 Å². The molecule has 3 fully saturated rings. The molecule has 4 nitrogen and oxygen atoms in total. The van der Waals surface area contributed by atoms with Gasteiger partial charge in [-0.1, -0.05) is 49.7 Å². The zero-order valence-corrected chi connectivity index (χ0v) is 16.7. The molecule has 0 bridgehead atoms. The maximum atomic E-state index is 11.3. The van der Waals surface area contributed by atoms with Crippen LogP contribution >= 0.6 is 0 Å². The van der Waals surface area contributed by atoms with Crippen molar-refractivity contribution >= 4 is 5.97 Å². The van der Waals surface area contributed by atoms with Crippen molar-refractivity contribution in [1.29, 1.82) is 0 Å². The van der Waals surface area contributed by atoms with E-state index < -0.39 is 12.2 Å². The van der Waals surface area contributed by atoms with Crippen LogP contribution in [0.5, 0.6) is 0 Å². The molecule has 0 radical (unpaired) electrons. The van der Waals surface area contributed by atoms with Crippen molar-refractivity contribution < 1.29 is 19.7 Å². The van der Waals surface area contributed by atoms with Crippen LogP contribution in [0.15, 0.2) is 11.6 Å². The van der Waals surface area contributed by atoms with E-state index in [2.05, 4.69) is 24.8 Å². The molecule has 0 heterocycles. The molecule has 2 N–H and O–H groups in total. The molecule has 3 aliphatic carbocycles. The molecule has 6 atom stereocenters. The lowest BCUT2D eigenvalue weighted by molar-refractivity contribution is -0.140. The van der Waals surface area contributed by atoms with E-state index in [0.717, 1.165) is 32.1 Å². The molecule has 0 saturated heterocycles. The zero-order chi connectivity index (χ0) is 19.4. The predicted octanol–water partition coefficient (Wildman–Crippen LogP) is 3.46. The molecule has 2 unspecified atom stereocenters. The SMILES string of the molecule is COC(=O)CC/C=C1/C(C)[C@@H]2[C@@H](C#CC(O)C3CCCCC3)[C@H](O)CC[C@H]12. The van der Waals surface area contributed by atoms with Crippen LogP contribution in [0.3, 0.4) is 0 Å². The number of rotatable bonds is 4. The first-order chi connectivity index (χ1) is 13.0. The Bertz CT molecular complexity index is 608. The van der Waals surface area contributed by atoms with Gasteiger partial charge in [-0.15, -0.1) is 0 Å². The van der Waals surface area contributed by atoms with E-state index in [0.29, 0.717) is 30.1 Å². The van der Waals surface area contributed by atoms with Gasteiger partial charge in [0.25, 0.3) is 0 Å². The number of allylic oxidation sites excluding steroid dienone is 2. The lowest BCUT2D eigenvalue weighted by Crippen LogP contribution is -2.50. The molecular weight excluding hydrogens is 340 g/mol. The van der Waals surface area contributed by atoms with Crippen LogP contribution in [-0.4, -0.2) is 35.5 Å². The van der Waals surface area contributed by atoms with Crippen LogP contribution in [0, 0.1) is 41.4 Å². The van der Waals surface area contributed by atoms with Crippen molar-refractivity contribution in [2.24, 2.45) is 29.6 Å². The van der Waals surface area contributed by atoms with E-state index in [9.17, 15) is 15.0 Å². The molecule has 4 heteroatoms. The van der Waals surface area contributed by atoms with E-state index in [1.807, 2.05) is 0 Å². The number of methoxy groups -OCH3 is 1. The number of carbonyl (C=O) groups excluding carboxylic acids is 1. The van der Waals surface area contributed by atoms with Gasteiger partial charge in [0.15, 0.2) is 0 Å². The highest BCUT2D eigenvalue weighted by Crippen LogP contribution is 2.55. The largest absolute Gasteiger partial charge is 0.469 e. The van der Waals surface area contributed by atoms with E-state index in [4.69, 9.17) is 4.74 Å². The Morgan fingerprint density at radius 2 is 2.00 bits per heavy atom. The van der Waals surface area contributed by atoms with Crippen LogP contribution in [0.2, 0.25) is 0 Å². The molecule has 150 valence electrons. The fourth-order valence-electron chi connectivity index (χ4n) is 5.46. The molecule has 0 aliphatic heterocycles. The Kier molecular flexibility index (Phi) is 7.00. The van der Waals surface area contributed by atoms with Crippen LogP contribution < -0.4 is 0 Å². The molecule has 27 heavy (non-hydrogen) atoms. The number of esters is 1. The monoisotopic (exact) mass is 374 g/mol. The Balaban J connectivity index is 1.63. The fraction of sp³-hybridized carbons (Fsp3) is 0.783. The van der Waals surface area contributed by atoms with E-state index in [1.165, 1.54) is 31.9 Å². The van der Waals surface area contributed by atoms with E-state index in [-0.39, 0.29) is 11.9 Å². The topological polar surface area (TPSA) is 66.8 Å². The summed E-state index contributed by atoms with van der Waals surface area (Å²) in [6.45, 7) is 2.20. The second-order valence-electron chi connectivity index (χ2n) is 8.59. The minimum atomic E-state index is -0.552. The highest BCUT2D eigenvalue weighted by molar-refractivity contribution is 5.69. The summed E-state index contributed by atoms with van der Waals surface area (Å²) in [4.78, 5) is 11.3. The molecule has 3 saturated carbocycles. The van der Waals surface area contributed by atoms with Gasteiger partial charge in [0.1, 0.15) is 6.10 Å². The second kappa shape index (κ2) is 9.26. The average molecular weight is 375 g/mol. The summed E-state index contributed by atoms with van der Waals surface area (Å²) in [6, 6.07) is 0. The Hall–Kier alpha value is -1.31. The normalized spacial score (nSPS) is 36.1. The first kappa shape index (κ1) is 20.4. The predicted molar refractivity (Wildman–Crippen MR) is 105 cm³/mol. The van der Waals surface area contributed by atoms with Gasteiger partial charge in [-0.05, 0) is 55.8 Å². The van der Waals surface area contributed by atoms with Crippen LogP contribution in [0.25, 0.3) is 0 Å². The summed E-state index contributed by atoms with van der Waals surface area (Å²) in [5.74, 6) is 7.68. The van der Waals surface area contributed by atoms with Crippen molar-refractivity contribution in [2.45, 2.75) is 76.9 Å². The van der Waals surface area contributed by atoms with Crippen LogP contribution in [0.1, 0.15) is 64.7 Å². The summed E-state index contributed by atoms with van der Waals surface area (Å²) in [6.07, 6.45) is 9.93. The molecule has 3 aliphatic rings. The quantitative estimate of drug-likeness (QED) is 0.449. The standard InChI is InChI=1S/C23H34O4/c1-15-17(9-6-10-22(26)27-2)18-11-14-21(25)19(23(15)18)12-13-20(24)16-7-4-3-5-8-16/h9,15-16,18-21,23-25H,3-8,10-11,14H2,1-2H3/b17-9-/t15?,18-,19+,20?,21-,23+/m1/s1. The molecule has 0 aromatic carbocycles. The number of fused-ring (bicyclic) bond motifs is 1. The third-order valence-electron chi connectivity index (χ3n) is 7.05. The van der Waals surface area contributed by atoms with Crippen molar-refractivity contribution in [3.63, 3.8) is 0 Å². The third-order valence-corrected chi connectivity index (χ3v) is 7.05. The van der Waals surface area contributed by atoms with Gasteiger partial charge in [0.2, 0.25) is 0 Å². The van der Waals surface area contributed by atoms with Gasteiger partial charge in [-0.25, -0.2) is 0 Å². The Morgan fingerprint density at radius 1 is 1.26 bits per heavy atom. The number of ether oxygens (including phenoxy) is 1. The first-order valence-corrected chi connectivity index (χ1v) is 10.7. The summed E-state index contributed by atoms with van der Waals surface area (Å²) < 4.78 is 4.71. The maximum Gasteiger partial charge on any atom is 0.305 e. The zero-order valence-electron chi connectivity index (χ0n) is 16.7. The minimum Gasteiger partial charge on any atom is -0.469 e. The maximum absolute atomic E-state index is 11.3. The highest BCUT2D eigenvalue weighted by atomic mass is 16.5. The average Bonchev–Trinajstić information content (AvgIpc) is 2.70. The van der Waals surface area contributed by atoms with Gasteiger partial charge in [-0.2, -0.15) is 0 Å². The van der Waals surface area contributed by atoms with Crippen LogP contribution in [0.4, 0.5) is 0 Å². The number of hydrogen-bond donors (Lipinski definition) is 2. The first-order valence-electron chi connectivity index (χ1n) is 10.7. The minimum absolute atomic E-state index is 0.0465. The van der Waals surface area contributed by atoms with Crippen molar-refractivity contribution in [3.8, 4) is 11.8 Å². The molecule has 0 aromatic rings. The van der Waals surface area contributed by atoms with Gasteiger partial charge >= 0.3 is 5.97 Å². The summed E-state index contributed by atoms with van der Waals surface area (Å²) >= 11 is 0. The van der Waals surface area contributed by atoms with Crippen molar-refractivity contribution in [1.82, 2.24) is 0 Å². The third kappa shape index (κ3) is 4.58. The lowest BCUT2D eigenvalue weighted by Gasteiger charge is -2.53. The number of hydrogen-bond acceptors (Lipinski definition) is 4. The lowest BCUT2D eigenvalue weighted by atomic mass is 9.51. The van der Waals surface area contributed by atoms with Gasteiger partial charge in [-0.3, -0.25) is 4.79 Å². The molecule has 0 spiro atoms. The number of aliphatic hydroxyl groups is 2. The molecule has 0 aromatic heterocycles. The van der Waals surface area contributed by atoms with Gasteiger partial charge < -0.3 is 14.9 Å². The van der Waals surface area contributed by atoms with Crippen molar-refractivity contribution in [3.05, 3.63) is 11.6 Å². The van der Waals surface area contributed by atoms with Crippen LogP contribution in [-0.2, 0) is 9.53 Å². The number of carbonyl (C=O) groups is 1. The summed E-state index contributed by atoms with van der Waals surface area (Å²) in [5.41, 5.74) is 1.41. The molecule has 0 amide bonds. The summed E-state index contributed by atoms with van der Waals surface area (Å²) in [7, 11) is 1.42. The Morgan fingerprint density at radius 3 is 2.70 bits per heavy atom.